The maximum atomic E-state index is 14.3. The molecule has 3 aliphatic heterocycles. The summed E-state index contributed by atoms with van der Waals surface area (Å²) in [4.78, 5) is 47.1. The van der Waals surface area contributed by atoms with Gasteiger partial charge in [0.25, 0.3) is 0 Å². The zero-order valence-electron chi connectivity index (χ0n) is 22.4. The van der Waals surface area contributed by atoms with Crippen LogP contribution < -0.4 is 0 Å². The quantitative estimate of drug-likeness (QED) is 0.502. The molecule has 0 aromatic rings. The van der Waals surface area contributed by atoms with E-state index in [1.165, 1.54) is 0 Å². The highest BCUT2D eigenvalue weighted by Crippen LogP contribution is 2.65. The van der Waals surface area contributed by atoms with E-state index in [0.717, 1.165) is 0 Å². The number of likely N-dealkylation sites (N-methyl/N-ethyl adjacent to an activating group) is 1. The predicted octanol–water partition coefficient (Wildman–Crippen LogP) is 2.23. The molecule has 1 N–H and O–H groups in total. The van der Waals surface area contributed by atoms with E-state index in [2.05, 4.69) is 13.2 Å². The standard InChI is InChI=1S/C27H43N3O5/c1-10-13-28(9)22(32)19-20-23(33)30(18(12-3)16-31)21(24(34)29(14-11-2)25(5,6)7)27(20)15-17(4)26(19,8)35-27/h10-11,17-21,31H,1-2,12-16H2,3-9H3/t17?,18-,19-,20-,21?,26+,27?/m0/s1. The third kappa shape index (κ3) is 3.93. The van der Waals surface area contributed by atoms with Gasteiger partial charge in [-0.25, -0.2) is 0 Å². The Kier molecular flexibility index (Phi) is 7.32. The molecule has 0 radical (unpaired) electrons. The average molecular weight is 490 g/mol. The maximum absolute atomic E-state index is 14.3. The summed E-state index contributed by atoms with van der Waals surface area (Å²) in [6, 6.07) is -1.47. The second-order valence-corrected chi connectivity index (χ2v) is 11.6. The topological polar surface area (TPSA) is 90.4 Å². The van der Waals surface area contributed by atoms with Gasteiger partial charge >= 0.3 is 0 Å². The van der Waals surface area contributed by atoms with E-state index in [1.807, 2.05) is 41.5 Å². The van der Waals surface area contributed by atoms with Crippen LogP contribution in [0.3, 0.4) is 0 Å². The number of ether oxygens (including phenoxy) is 1. The van der Waals surface area contributed by atoms with E-state index in [4.69, 9.17) is 4.74 Å². The zero-order chi connectivity index (χ0) is 26.5. The molecule has 0 aromatic heterocycles. The summed E-state index contributed by atoms with van der Waals surface area (Å²) in [5.74, 6) is -2.24. The van der Waals surface area contributed by atoms with E-state index in [1.54, 1.807) is 33.9 Å². The van der Waals surface area contributed by atoms with Gasteiger partial charge in [-0.2, -0.15) is 0 Å². The first-order valence-electron chi connectivity index (χ1n) is 12.7. The smallest absolute Gasteiger partial charge is 0.249 e. The number of fused-ring (bicyclic) bond motifs is 1. The third-order valence-electron chi connectivity index (χ3n) is 8.49. The molecule has 0 aliphatic carbocycles. The molecule has 1 spiro atoms. The van der Waals surface area contributed by atoms with Crippen molar-refractivity contribution in [2.24, 2.45) is 17.8 Å². The maximum Gasteiger partial charge on any atom is 0.249 e. The molecule has 3 amide bonds. The minimum absolute atomic E-state index is 0.0374. The lowest BCUT2D eigenvalue weighted by Gasteiger charge is -2.43. The summed E-state index contributed by atoms with van der Waals surface area (Å²) < 4.78 is 6.77. The second-order valence-electron chi connectivity index (χ2n) is 11.6. The van der Waals surface area contributed by atoms with E-state index >= 15 is 0 Å². The lowest BCUT2D eigenvalue weighted by molar-refractivity contribution is -0.159. The van der Waals surface area contributed by atoms with Crippen LogP contribution in [0.15, 0.2) is 25.3 Å². The lowest BCUT2D eigenvalue weighted by atomic mass is 9.62. The van der Waals surface area contributed by atoms with Crippen LogP contribution in [-0.4, -0.2) is 93.1 Å². The summed E-state index contributed by atoms with van der Waals surface area (Å²) in [6.07, 6.45) is 4.30. The summed E-state index contributed by atoms with van der Waals surface area (Å²) in [5.41, 5.74) is -2.53. The summed E-state index contributed by atoms with van der Waals surface area (Å²) >= 11 is 0. The summed E-state index contributed by atoms with van der Waals surface area (Å²) in [6.45, 7) is 19.6. The van der Waals surface area contributed by atoms with Crippen LogP contribution in [-0.2, 0) is 19.1 Å². The Hall–Kier alpha value is -2.19. The number of aliphatic hydroxyl groups excluding tert-OH is 1. The number of hydrogen-bond donors (Lipinski definition) is 1. The van der Waals surface area contributed by atoms with Crippen LogP contribution in [0.25, 0.3) is 0 Å². The number of rotatable bonds is 9. The molecule has 8 nitrogen and oxygen atoms in total. The van der Waals surface area contributed by atoms with E-state index < -0.39 is 40.7 Å². The van der Waals surface area contributed by atoms with Gasteiger partial charge in [0.15, 0.2) is 0 Å². The molecular formula is C27H43N3O5. The number of carbonyl (C=O) groups is 3. The minimum atomic E-state index is -1.13. The molecule has 196 valence electrons. The van der Waals surface area contributed by atoms with E-state index in [-0.39, 0.29) is 30.2 Å². The molecule has 3 heterocycles. The van der Waals surface area contributed by atoms with Crippen molar-refractivity contribution in [2.75, 3.05) is 26.7 Å². The van der Waals surface area contributed by atoms with Crippen molar-refractivity contribution < 1.29 is 24.2 Å². The highest BCUT2D eigenvalue weighted by atomic mass is 16.5. The highest BCUT2D eigenvalue weighted by molar-refractivity contribution is 5.99. The first-order valence-corrected chi connectivity index (χ1v) is 12.7. The van der Waals surface area contributed by atoms with Crippen molar-refractivity contribution >= 4 is 17.7 Å². The second kappa shape index (κ2) is 9.36. The van der Waals surface area contributed by atoms with Crippen molar-refractivity contribution in [3.8, 4) is 0 Å². The molecule has 7 atom stereocenters. The molecule has 3 rings (SSSR count). The van der Waals surface area contributed by atoms with Crippen LogP contribution in [0.2, 0.25) is 0 Å². The SMILES string of the molecule is C=CCN(C)C(=O)[C@@H]1[C@H]2C(=O)N([C@@H](CC)CO)C(C(=O)N(CC=C)C(C)(C)C)C23CC(C)[C@@]1(C)O3. The van der Waals surface area contributed by atoms with Crippen molar-refractivity contribution in [1.82, 2.24) is 14.7 Å². The van der Waals surface area contributed by atoms with Crippen molar-refractivity contribution in [3.63, 3.8) is 0 Å². The zero-order valence-corrected chi connectivity index (χ0v) is 22.4. The Labute approximate surface area is 210 Å². The fourth-order valence-electron chi connectivity index (χ4n) is 6.63. The molecule has 0 aromatic carbocycles. The fraction of sp³-hybridized carbons (Fsp3) is 0.741. The molecule has 3 saturated heterocycles. The number of nitrogens with zero attached hydrogens (tertiary/aromatic N) is 3. The minimum Gasteiger partial charge on any atom is -0.394 e. The van der Waals surface area contributed by atoms with Crippen molar-refractivity contribution in [3.05, 3.63) is 25.3 Å². The van der Waals surface area contributed by atoms with E-state index in [0.29, 0.717) is 25.9 Å². The largest absolute Gasteiger partial charge is 0.394 e. The molecule has 8 heteroatoms. The lowest BCUT2D eigenvalue weighted by Crippen LogP contribution is -2.61. The summed E-state index contributed by atoms with van der Waals surface area (Å²) in [7, 11) is 1.70. The monoisotopic (exact) mass is 489 g/mol. The Morgan fingerprint density at radius 3 is 2.34 bits per heavy atom. The predicted molar refractivity (Wildman–Crippen MR) is 134 cm³/mol. The molecule has 35 heavy (non-hydrogen) atoms. The van der Waals surface area contributed by atoms with Crippen LogP contribution in [0.4, 0.5) is 0 Å². The summed E-state index contributed by atoms with van der Waals surface area (Å²) in [5, 5.41) is 10.2. The number of amides is 3. The Morgan fingerprint density at radius 2 is 1.86 bits per heavy atom. The fourth-order valence-corrected chi connectivity index (χ4v) is 6.63. The molecule has 3 aliphatic rings. The van der Waals surface area contributed by atoms with Crippen LogP contribution in [0.5, 0.6) is 0 Å². The first kappa shape index (κ1) is 27.4. The van der Waals surface area contributed by atoms with Crippen LogP contribution in [0.1, 0.15) is 54.4 Å². The average Bonchev–Trinajstić information content (AvgIpc) is 3.29. The number of carbonyl (C=O) groups excluding carboxylic acids is 3. The van der Waals surface area contributed by atoms with Gasteiger partial charge in [0, 0.05) is 25.7 Å². The van der Waals surface area contributed by atoms with Crippen molar-refractivity contribution in [1.29, 1.82) is 0 Å². The number of aliphatic hydroxyl groups is 1. The third-order valence-corrected chi connectivity index (χ3v) is 8.49. The molecular weight excluding hydrogens is 446 g/mol. The van der Waals surface area contributed by atoms with Gasteiger partial charge in [-0.3, -0.25) is 14.4 Å². The molecule has 3 unspecified atom stereocenters. The van der Waals surface area contributed by atoms with Gasteiger partial charge in [-0.15, -0.1) is 13.2 Å². The Balaban J connectivity index is 2.21. The van der Waals surface area contributed by atoms with Crippen LogP contribution in [0, 0.1) is 17.8 Å². The highest BCUT2D eigenvalue weighted by Gasteiger charge is 2.80. The van der Waals surface area contributed by atoms with Gasteiger partial charge in [-0.05, 0) is 46.5 Å². The first-order chi connectivity index (χ1) is 16.3. The van der Waals surface area contributed by atoms with Gasteiger partial charge in [0.2, 0.25) is 17.7 Å². The van der Waals surface area contributed by atoms with Crippen molar-refractivity contribution in [2.45, 2.75) is 83.2 Å². The normalized spacial score (nSPS) is 34.5. The van der Waals surface area contributed by atoms with Gasteiger partial charge in [0.1, 0.15) is 11.6 Å². The number of hydrogen-bond acceptors (Lipinski definition) is 5. The Morgan fingerprint density at radius 1 is 1.26 bits per heavy atom. The molecule has 3 fully saturated rings. The van der Waals surface area contributed by atoms with Gasteiger partial charge in [-0.1, -0.05) is 26.0 Å². The van der Waals surface area contributed by atoms with E-state index in [9.17, 15) is 19.5 Å². The molecule has 0 saturated carbocycles. The Bertz CT molecular complexity index is 894. The van der Waals surface area contributed by atoms with Crippen LogP contribution >= 0.6 is 0 Å². The number of likely N-dealkylation sites (tertiary alicyclic amines) is 1. The van der Waals surface area contributed by atoms with Gasteiger partial charge < -0.3 is 24.5 Å². The molecule has 2 bridgehead atoms. The van der Waals surface area contributed by atoms with Gasteiger partial charge in [0.05, 0.1) is 30.1 Å².